The first kappa shape index (κ1) is 11.9. The van der Waals surface area contributed by atoms with Gasteiger partial charge >= 0.3 is 0 Å². The van der Waals surface area contributed by atoms with Gasteiger partial charge in [0.05, 0.1) is 11.6 Å². The second-order valence-electron chi connectivity index (χ2n) is 4.98. The summed E-state index contributed by atoms with van der Waals surface area (Å²) in [5, 5.41) is 0. The smallest absolute Gasteiger partial charge is 0.138 e. The normalized spacial score (nSPS) is 15.1. The van der Waals surface area contributed by atoms with E-state index in [2.05, 4.69) is 22.0 Å². The van der Waals surface area contributed by atoms with Gasteiger partial charge < -0.3 is 10.5 Å². The third-order valence-electron chi connectivity index (χ3n) is 3.19. The van der Waals surface area contributed by atoms with Crippen molar-refractivity contribution >= 4 is 15.9 Å². The molecule has 0 saturated carbocycles. The van der Waals surface area contributed by atoms with Gasteiger partial charge in [0.25, 0.3) is 0 Å². The van der Waals surface area contributed by atoms with E-state index in [-0.39, 0.29) is 5.54 Å². The van der Waals surface area contributed by atoms with Crippen LogP contribution in [0.25, 0.3) is 0 Å². The molecule has 2 rings (SSSR count). The van der Waals surface area contributed by atoms with E-state index in [0.29, 0.717) is 0 Å². The van der Waals surface area contributed by atoms with Crippen LogP contribution in [0, 0.1) is 0 Å². The summed E-state index contributed by atoms with van der Waals surface area (Å²) >= 11 is 3.66. The predicted octanol–water partition coefficient (Wildman–Crippen LogP) is 3.14. The average Bonchev–Trinajstić information content (AvgIpc) is 2.64. The highest BCUT2D eigenvalue weighted by Crippen LogP contribution is 2.42. The van der Waals surface area contributed by atoms with Crippen LogP contribution < -0.4 is 10.5 Å². The Bertz CT molecular complexity index is 421. The van der Waals surface area contributed by atoms with Crippen molar-refractivity contribution in [2.75, 3.05) is 7.11 Å². The molecule has 16 heavy (non-hydrogen) atoms. The Labute approximate surface area is 105 Å². The molecule has 0 heterocycles. The number of nitrogens with two attached hydrogens (primary N) is 1. The SMILES string of the molecule is COc1c(C(C)(C)N)cc2c(c1Br)CCC2. The van der Waals surface area contributed by atoms with Crippen molar-refractivity contribution in [3.63, 3.8) is 0 Å². The topological polar surface area (TPSA) is 35.2 Å². The van der Waals surface area contributed by atoms with Gasteiger partial charge in [-0.05, 0) is 66.2 Å². The van der Waals surface area contributed by atoms with Crippen molar-refractivity contribution in [1.29, 1.82) is 0 Å². The molecule has 1 aliphatic rings. The fourth-order valence-electron chi connectivity index (χ4n) is 2.35. The van der Waals surface area contributed by atoms with E-state index in [4.69, 9.17) is 10.5 Å². The molecule has 0 aromatic heterocycles. The van der Waals surface area contributed by atoms with Gasteiger partial charge in [0.15, 0.2) is 0 Å². The molecule has 0 aliphatic heterocycles. The van der Waals surface area contributed by atoms with E-state index in [9.17, 15) is 0 Å². The maximum absolute atomic E-state index is 6.20. The maximum atomic E-state index is 6.20. The standard InChI is InChI=1S/C13H18BrNO/c1-13(2,15)10-7-8-5-4-6-9(8)11(14)12(10)16-3/h7H,4-6,15H2,1-3H3. The van der Waals surface area contributed by atoms with Gasteiger partial charge in [-0.15, -0.1) is 0 Å². The van der Waals surface area contributed by atoms with E-state index in [1.807, 2.05) is 13.8 Å². The number of aryl methyl sites for hydroxylation is 1. The molecule has 1 aromatic rings. The fraction of sp³-hybridized carbons (Fsp3) is 0.538. The quantitative estimate of drug-likeness (QED) is 0.905. The van der Waals surface area contributed by atoms with Crippen molar-refractivity contribution in [3.8, 4) is 5.75 Å². The minimum atomic E-state index is -0.370. The Morgan fingerprint density at radius 3 is 2.62 bits per heavy atom. The molecular formula is C13H18BrNO. The lowest BCUT2D eigenvalue weighted by Crippen LogP contribution is -2.29. The molecule has 0 fully saturated rings. The summed E-state index contributed by atoms with van der Waals surface area (Å²) in [5.74, 6) is 0.896. The van der Waals surface area contributed by atoms with Gasteiger partial charge in [0.2, 0.25) is 0 Å². The second-order valence-corrected chi connectivity index (χ2v) is 5.78. The summed E-state index contributed by atoms with van der Waals surface area (Å²) in [5.41, 5.74) is 9.72. The largest absolute Gasteiger partial charge is 0.495 e. The maximum Gasteiger partial charge on any atom is 0.138 e. The Morgan fingerprint density at radius 2 is 2.06 bits per heavy atom. The lowest BCUT2D eigenvalue weighted by Gasteiger charge is -2.24. The van der Waals surface area contributed by atoms with Crippen LogP contribution in [0.3, 0.4) is 0 Å². The molecule has 0 atom stereocenters. The van der Waals surface area contributed by atoms with Gasteiger partial charge in [0.1, 0.15) is 5.75 Å². The van der Waals surface area contributed by atoms with Crippen LogP contribution in [-0.4, -0.2) is 7.11 Å². The summed E-state index contributed by atoms with van der Waals surface area (Å²) in [4.78, 5) is 0. The molecule has 1 aromatic carbocycles. The van der Waals surface area contributed by atoms with Crippen LogP contribution in [0.15, 0.2) is 10.5 Å². The lowest BCUT2D eigenvalue weighted by atomic mass is 9.91. The van der Waals surface area contributed by atoms with Crippen molar-refractivity contribution in [2.24, 2.45) is 5.73 Å². The van der Waals surface area contributed by atoms with Gasteiger partial charge in [-0.1, -0.05) is 0 Å². The van der Waals surface area contributed by atoms with Crippen LogP contribution in [-0.2, 0) is 18.4 Å². The molecular weight excluding hydrogens is 266 g/mol. The van der Waals surface area contributed by atoms with Gasteiger partial charge in [-0.3, -0.25) is 0 Å². The Hall–Kier alpha value is -0.540. The monoisotopic (exact) mass is 283 g/mol. The summed E-state index contributed by atoms with van der Waals surface area (Å²) in [7, 11) is 1.71. The zero-order valence-electron chi connectivity index (χ0n) is 10.1. The summed E-state index contributed by atoms with van der Waals surface area (Å²) in [6, 6.07) is 2.21. The number of benzene rings is 1. The van der Waals surface area contributed by atoms with Crippen LogP contribution in [0.1, 0.15) is 37.0 Å². The van der Waals surface area contributed by atoms with Gasteiger partial charge in [-0.25, -0.2) is 0 Å². The molecule has 2 N–H and O–H groups in total. The molecule has 3 heteroatoms. The molecule has 0 unspecified atom stereocenters. The third-order valence-corrected chi connectivity index (χ3v) is 4.03. The predicted molar refractivity (Wildman–Crippen MR) is 69.9 cm³/mol. The first-order valence-corrected chi connectivity index (χ1v) is 6.42. The van der Waals surface area contributed by atoms with E-state index in [1.165, 1.54) is 17.5 Å². The average molecular weight is 284 g/mol. The van der Waals surface area contributed by atoms with E-state index < -0.39 is 0 Å². The molecule has 0 radical (unpaired) electrons. The number of hydrogen-bond acceptors (Lipinski definition) is 2. The molecule has 2 nitrogen and oxygen atoms in total. The fourth-order valence-corrected chi connectivity index (χ4v) is 3.18. The minimum absolute atomic E-state index is 0.370. The summed E-state index contributed by atoms with van der Waals surface area (Å²) < 4.78 is 6.60. The van der Waals surface area contributed by atoms with Crippen LogP contribution >= 0.6 is 15.9 Å². The molecule has 1 aliphatic carbocycles. The van der Waals surface area contributed by atoms with E-state index in [0.717, 1.165) is 28.6 Å². The highest BCUT2D eigenvalue weighted by molar-refractivity contribution is 9.10. The zero-order valence-corrected chi connectivity index (χ0v) is 11.6. The number of halogens is 1. The van der Waals surface area contributed by atoms with E-state index >= 15 is 0 Å². The lowest BCUT2D eigenvalue weighted by molar-refractivity contribution is 0.391. The van der Waals surface area contributed by atoms with Crippen molar-refractivity contribution in [1.82, 2.24) is 0 Å². The van der Waals surface area contributed by atoms with Crippen LogP contribution in [0.4, 0.5) is 0 Å². The van der Waals surface area contributed by atoms with Gasteiger partial charge in [-0.2, -0.15) is 0 Å². The first-order valence-electron chi connectivity index (χ1n) is 5.62. The van der Waals surface area contributed by atoms with Crippen LogP contribution in [0.5, 0.6) is 5.75 Å². The first-order chi connectivity index (χ1) is 7.45. The second kappa shape index (κ2) is 4.04. The molecule has 0 bridgehead atoms. The van der Waals surface area contributed by atoms with Crippen LogP contribution in [0.2, 0.25) is 0 Å². The van der Waals surface area contributed by atoms with E-state index in [1.54, 1.807) is 7.11 Å². The molecule has 88 valence electrons. The highest BCUT2D eigenvalue weighted by atomic mass is 79.9. The molecule has 0 saturated heterocycles. The number of ether oxygens (including phenoxy) is 1. The molecule has 0 amide bonds. The van der Waals surface area contributed by atoms with Gasteiger partial charge in [0, 0.05) is 11.1 Å². The Balaban J connectivity index is 2.66. The number of rotatable bonds is 2. The van der Waals surface area contributed by atoms with Crippen molar-refractivity contribution in [2.45, 2.75) is 38.6 Å². The zero-order chi connectivity index (χ0) is 11.9. The highest BCUT2D eigenvalue weighted by Gasteiger charge is 2.26. The number of methoxy groups -OCH3 is 1. The Kier molecular flexibility index (Phi) is 3.01. The minimum Gasteiger partial charge on any atom is -0.495 e. The Morgan fingerprint density at radius 1 is 1.38 bits per heavy atom. The number of hydrogen-bond donors (Lipinski definition) is 1. The summed E-state index contributed by atoms with van der Waals surface area (Å²) in [6.07, 6.45) is 3.52. The number of fused-ring (bicyclic) bond motifs is 1. The van der Waals surface area contributed by atoms with Crippen molar-refractivity contribution < 1.29 is 4.74 Å². The third kappa shape index (κ3) is 1.87. The molecule has 0 spiro atoms. The van der Waals surface area contributed by atoms with Crippen molar-refractivity contribution in [3.05, 3.63) is 27.2 Å². The summed E-state index contributed by atoms with van der Waals surface area (Å²) in [6.45, 7) is 4.03.